The number of aldehydes is 1. The lowest BCUT2D eigenvalue weighted by Gasteiger charge is -2.09. The van der Waals surface area contributed by atoms with Crippen LogP contribution in [-0.2, 0) is 0 Å². The minimum atomic E-state index is 0.468. The third-order valence-corrected chi connectivity index (χ3v) is 2.15. The van der Waals surface area contributed by atoms with E-state index in [9.17, 15) is 4.79 Å². The van der Waals surface area contributed by atoms with Crippen molar-refractivity contribution in [2.75, 3.05) is 11.5 Å². The van der Waals surface area contributed by atoms with Crippen molar-refractivity contribution in [1.29, 1.82) is 0 Å². The molecule has 3 nitrogen and oxygen atoms in total. The standard InChI is InChI=1S/C9H12N2O/c1-5-6(2)9(11)7(4-12)3-8(5)10/h3-4H,10-11H2,1-2H3. The fourth-order valence-electron chi connectivity index (χ4n) is 1.09. The first-order valence-corrected chi connectivity index (χ1v) is 3.68. The first-order valence-electron chi connectivity index (χ1n) is 3.68. The van der Waals surface area contributed by atoms with E-state index in [1.54, 1.807) is 6.07 Å². The topological polar surface area (TPSA) is 69.1 Å². The van der Waals surface area contributed by atoms with E-state index >= 15 is 0 Å². The predicted molar refractivity (Wildman–Crippen MR) is 50.1 cm³/mol. The summed E-state index contributed by atoms with van der Waals surface area (Å²) >= 11 is 0. The summed E-state index contributed by atoms with van der Waals surface area (Å²) in [6.45, 7) is 3.74. The van der Waals surface area contributed by atoms with Gasteiger partial charge in [-0.3, -0.25) is 4.79 Å². The van der Waals surface area contributed by atoms with E-state index in [-0.39, 0.29) is 0 Å². The maximum atomic E-state index is 10.5. The summed E-state index contributed by atoms with van der Waals surface area (Å²) in [5, 5.41) is 0. The number of nitrogens with two attached hydrogens (primary N) is 2. The quantitative estimate of drug-likeness (QED) is 0.485. The average molecular weight is 164 g/mol. The summed E-state index contributed by atoms with van der Waals surface area (Å²) in [6.07, 6.45) is 0.720. The molecule has 0 atom stereocenters. The summed E-state index contributed by atoms with van der Waals surface area (Å²) in [4.78, 5) is 10.5. The second-order valence-electron chi connectivity index (χ2n) is 2.84. The van der Waals surface area contributed by atoms with E-state index in [0.29, 0.717) is 16.9 Å². The number of carbonyl (C=O) groups excluding carboxylic acids is 1. The zero-order valence-corrected chi connectivity index (χ0v) is 7.22. The molecule has 0 aromatic heterocycles. The molecule has 0 bridgehead atoms. The van der Waals surface area contributed by atoms with E-state index in [4.69, 9.17) is 11.5 Å². The summed E-state index contributed by atoms with van der Waals surface area (Å²) in [5.74, 6) is 0. The van der Waals surface area contributed by atoms with Gasteiger partial charge in [-0.15, -0.1) is 0 Å². The molecule has 0 unspecified atom stereocenters. The molecule has 0 aliphatic carbocycles. The maximum absolute atomic E-state index is 10.5. The van der Waals surface area contributed by atoms with Gasteiger partial charge in [0.1, 0.15) is 0 Å². The summed E-state index contributed by atoms with van der Waals surface area (Å²) in [5.41, 5.74) is 14.8. The van der Waals surface area contributed by atoms with Gasteiger partial charge in [-0.25, -0.2) is 0 Å². The van der Waals surface area contributed by atoms with Crippen LogP contribution >= 0.6 is 0 Å². The van der Waals surface area contributed by atoms with Crippen LogP contribution in [0.2, 0.25) is 0 Å². The van der Waals surface area contributed by atoms with E-state index in [0.717, 1.165) is 17.4 Å². The summed E-state index contributed by atoms with van der Waals surface area (Å²) < 4.78 is 0. The summed E-state index contributed by atoms with van der Waals surface area (Å²) in [6, 6.07) is 1.60. The molecule has 4 N–H and O–H groups in total. The Balaban J connectivity index is 3.49. The zero-order chi connectivity index (χ0) is 9.30. The largest absolute Gasteiger partial charge is 0.398 e. The van der Waals surface area contributed by atoms with E-state index in [2.05, 4.69) is 0 Å². The lowest BCUT2D eigenvalue weighted by atomic mass is 10.0. The van der Waals surface area contributed by atoms with Crippen LogP contribution in [0.15, 0.2) is 6.07 Å². The summed E-state index contributed by atoms with van der Waals surface area (Å²) in [7, 11) is 0. The number of anilines is 2. The van der Waals surface area contributed by atoms with E-state index in [1.807, 2.05) is 13.8 Å². The van der Waals surface area contributed by atoms with Crippen molar-refractivity contribution in [3.63, 3.8) is 0 Å². The predicted octanol–water partition coefficient (Wildman–Crippen LogP) is 1.28. The van der Waals surface area contributed by atoms with Gasteiger partial charge in [-0.05, 0) is 31.0 Å². The second-order valence-corrected chi connectivity index (χ2v) is 2.84. The van der Waals surface area contributed by atoms with Crippen molar-refractivity contribution >= 4 is 17.7 Å². The highest BCUT2D eigenvalue weighted by Crippen LogP contribution is 2.24. The molecule has 0 aliphatic rings. The number of nitrogen functional groups attached to an aromatic ring is 2. The van der Waals surface area contributed by atoms with Crippen molar-refractivity contribution in [2.45, 2.75) is 13.8 Å². The fraction of sp³-hybridized carbons (Fsp3) is 0.222. The normalized spacial score (nSPS) is 9.83. The van der Waals surface area contributed by atoms with Crippen LogP contribution in [0.4, 0.5) is 11.4 Å². The molecule has 0 radical (unpaired) electrons. The average Bonchev–Trinajstić information content (AvgIpc) is 2.08. The Labute approximate surface area is 71.4 Å². The molecular formula is C9H12N2O. The number of benzene rings is 1. The Kier molecular flexibility index (Phi) is 2.04. The molecule has 0 fully saturated rings. The molecule has 3 heteroatoms. The molecule has 0 aliphatic heterocycles. The molecule has 0 heterocycles. The zero-order valence-electron chi connectivity index (χ0n) is 7.22. The maximum Gasteiger partial charge on any atom is 0.152 e. The Morgan fingerprint density at radius 1 is 1.25 bits per heavy atom. The Morgan fingerprint density at radius 3 is 2.33 bits per heavy atom. The minimum absolute atomic E-state index is 0.468. The van der Waals surface area contributed by atoms with Crippen LogP contribution in [-0.4, -0.2) is 6.29 Å². The number of carbonyl (C=O) groups is 1. The van der Waals surface area contributed by atoms with Crippen molar-refractivity contribution in [3.8, 4) is 0 Å². The molecule has 64 valence electrons. The highest BCUT2D eigenvalue weighted by atomic mass is 16.1. The SMILES string of the molecule is Cc1c(N)cc(C=O)c(N)c1C. The molecule has 0 amide bonds. The Bertz CT molecular complexity index is 332. The molecule has 0 saturated heterocycles. The van der Waals surface area contributed by atoms with Crippen LogP contribution in [0.3, 0.4) is 0 Å². The van der Waals surface area contributed by atoms with E-state index in [1.165, 1.54) is 0 Å². The van der Waals surface area contributed by atoms with Gasteiger partial charge in [-0.2, -0.15) is 0 Å². The van der Waals surface area contributed by atoms with Crippen molar-refractivity contribution in [2.24, 2.45) is 0 Å². The number of hydrogen-bond acceptors (Lipinski definition) is 3. The van der Waals surface area contributed by atoms with Crippen molar-refractivity contribution in [1.82, 2.24) is 0 Å². The van der Waals surface area contributed by atoms with E-state index < -0.39 is 0 Å². The van der Waals surface area contributed by atoms with Gasteiger partial charge in [0, 0.05) is 16.9 Å². The van der Waals surface area contributed by atoms with Crippen LogP contribution in [0.1, 0.15) is 21.5 Å². The third-order valence-electron chi connectivity index (χ3n) is 2.15. The monoisotopic (exact) mass is 164 g/mol. The van der Waals surface area contributed by atoms with Gasteiger partial charge < -0.3 is 11.5 Å². The smallest absolute Gasteiger partial charge is 0.152 e. The Morgan fingerprint density at radius 2 is 1.83 bits per heavy atom. The van der Waals surface area contributed by atoms with Gasteiger partial charge in [0.2, 0.25) is 0 Å². The molecule has 12 heavy (non-hydrogen) atoms. The first kappa shape index (κ1) is 8.59. The molecule has 0 saturated carbocycles. The fourth-order valence-corrected chi connectivity index (χ4v) is 1.09. The highest BCUT2D eigenvalue weighted by molar-refractivity contribution is 5.87. The first-order chi connectivity index (χ1) is 5.57. The molecule has 0 spiro atoms. The van der Waals surface area contributed by atoms with Crippen LogP contribution in [0, 0.1) is 13.8 Å². The highest BCUT2D eigenvalue weighted by Gasteiger charge is 2.06. The molecular weight excluding hydrogens is 152 g/mol. The van der Waals surface area contributed by atoms with Crippen molar-refractivity contribution < 1.29 is 4.79 Å². The third kappa shape index (κ3) is 1.13. The van der Waals surface area contributed by atoms with Gasteiger partial charge in [0.05, 0.1) is 0 Å². The van der Waals surface area contributed by atoms with Crippen LogP contribution in [0.5, 0.6) is 0 Å². The van der Waals surface area contributed by atoms with Crippen LogP contribution < -0.4 is 11.5 Å². The van der Waals surface area contributed by atoms with Crippen molar-refractivity contribution in [3.05, 3.63) is 22.8 Å². The number of hydrogen-bond donors (Lipinski definition) is 2. The van der Waals surface area contributed by atoms with Crippen LogP contribution in [0.25, 0.3) is 0 Å². The van der Waals surface area contributed by atoms with Gasteiger partial charge in [0.15, 0.2) is 6.29 Å². The molecule has 1 aromatic rings. The van der Waals surface area contributed by atoms with Gasteiger partial charge in [0.25, 0.3) is 0 Å². The Hall–Kier alpha value is -1.51. The number of rotatable bonds is 1. The van der Waals surface area contributed by atoms with Gasteiger partial charge in [-0.1, -0.05) is 0 Å². The minimum Gasteiger partial charge on any atom is -0.398 e. The van der Waals surface area contributed by atoms with Gasteiger partial charge >= 0.3 is 0 Å². The molecule has 1 aromatic carbocycles. The second kappa shape index (κ2) is 2.85. The lowest BCUT2D eigenvalue weighted by Crippen LogP contribution is -2.02. The molecule has 1 rings (SSSR count). The lowest BCUT2D eigenvalue weighted by molar-refractivity contribution is 0.112.